The Bertz CT molecular complexity index is 773. The maximum atomic E-state index is 13.2. The number of aldehydes is 1. The van der Waals surface area contributed by atoms with Gasteiger partial charge < -0.3 is 0 Å². The van der Waals surface area contributed by atoms with Crippen LogP contribution in [0.1, 0.15) is 35.5 Å². The molecule has 2 nitrogen and oxygen atoms in total. The van der Waals surface area contributed by atoms with Gasteiger partial charge in [-0.25, -0.2) is 4.98 Å². The van der Waals surface area contributed by atoms with Gasteiger partial charge in [-0.2, -0.15) is 13.2 Å². The zero-order valence-corrected chi connectivity index (χ0v) is 12.1. The Labute approximate surface area is 126 Å². The minimum absolute atomic E-state index is 0.190. The monoisotopic (exact) mass is 305 g/mol. The van der Waals surface area contributed by atoms with Gasteiger partial charge in [0.1, 0.15) is 0 Å². The summed E-state index contributed by atoms with van der Waals surface area (Å²) >= 11 is 0. The van der Waals surface area contributed by atoms with Crippen LogP contribution in [0.2, 0.25) is 0 Å². The van der Waals surface area contributed by atoms with Crippen molar-refractivity contribution in [3.63, 3.8) is 0 Å². The summed E-state index contributed by atoms with van der Waals surface area (Å²) in [6.07, 6.45) is 1.26. The van der Waals surface area contributed by atoms with Gasteiger partial charge in [-0.15, -0.1) is 0 Å². The highest BCUT2D eigenvalue weighted by molar-refractivity contribution is 5.99. The molecule has 0 aliphatic heterocycles. The average Bonchev–Trinajstić information content (AvgIpc) is 2.49. The number of rotatable bonds is 3. The van der Waals surface area contributed by atoms with E-state index in [4.69, 9.17) is 0 Å². The number of halogens is 3. The topological polar surface area (TPSA) is 30.0 Å². The molecule has 2 rings (SSSR count). The van der Waals surface area contributed by atoms with E-state index in [-0.39, 0.29) is 16.5 Å². The normalized spacial score (nSPS) is 13.0. The summed E-state index contributed by atoms with van der Waals surface area (Å²) in [7, 11) is 0. The fraction of sp³-hybridized carbons (Fsp3) is 0.176. The van der Waals surface area contributed by atoms with E-state index in [9.17, 15) is 18.0 Å². The summed E-state index contributed by atoms with van der Waals surface area (Å²) < 4.78 is 39.5. The smallest absolute Gasteiger partial charge is 0.298 e. The van der Waals surface area contributed by atoms with Crippen molar-refractivity contribution in [3.8, 4) is 0 Å². The molecule has 0 N–H and O–H groups in total. The number of carbonyl (C=O) groups excluding carboxylic acids is 1. The van der Waals surface area contributed by atoms with Crippen molar-refractivity contribution in [3.05, 3.63) is 59.3 Å². The van der Waals surface area contributed by atoms with E-state index in [1.807, 2.05) is 0 Å². The van der Waals surface area contributed by atoms with E-state index >= 15 is 0 Å². The molecular formula is C17H14F3NO. The first-order chi connectivity index (χ1) is 10.4. The number of aromatic nitrogens is 1. The first-order valence-electron chi connectivity index (χ1n) is 6.68. The average molecular weight is 305 g/mol. The number of nitrogens with zero attached hydrogens (tertiary/aromatic N) is 1. The van der Waals surface area contributed by atoms with Gasteiger partial charge in [-0.05, 0) is 31.6 Å². The summed E-state index contributed by atoms with van der Waals surface area (Å²) in [6.45, 7) is 3.56. The minimum Gasteiger partial charge on any atom is -0.298 e. The fourth-order valence-electron chi connectivity index (χ4n) is 2.26. The maximum absolute atomic E-state index is 13.2. The van der Waals surface area contributed by atoms with Crippen molar-refractivity contribution in [2.75, 3.05) is 0 Å². The zero-order chi connectivity index (χ0) is 16.3. The molecule has 0 spiro atoms. The Morgan fingerprint density at radius 2 is 1.95 bits per heavy atom. The molecule has 0 unspecified atom stereocenters. The van der Waals surface area contributed by atoms with Crippen molar-refractivity contribution < 1.29 is 18.0 Å². The van der Waals surface area contributed by atoms with Crippen LogP contribution in [0.5, 0.6) is 0 Å². The van der Waals surface area contributed by atoms with Crippen LogP contribution in [-0.4, -0.2) is 11.3 Å². The van der Waals surface area contributed by atoms with Crippen molar-refractivity contribution in [1.29, 1.82) is 0 Å². The predicted molar refractivity (Wildman–Crippen MR) is 80.6 cm³/mol. The van der Waals surface area contributed by atoms with Crippen LogP contribution in [0.15, 0.2) is 42.5 Å². The van der Waals surface area contributed by atoms with Crippen molar-refractivity contribution in [2.24, 2.45) is 0 Å². The minimum atomic E-state index is -4.53. The molecule has 5 heteroatoms. The van der Waals surface area contributed by atoms with Crippen LogP contribution >= 0.6 is 0 Å². The van der Waals surface area contributed by atoms with Gasteiger partial charge >= 0.3 is 6.18 Å². The lowest BCUT2D eigenvalue weighted by Gasteiger charge is -2.12. The standard InChI is InChI=1S/C17H14F3NO/c1-3-6-11(4-2)15-9-12(10-22)13-7-5-8-14(16(13)21-15)17(18,19)20/h3-10H,1-2H3/b6-3-,11-4+. The largest absolute Gasteiger partial charge is 0.418 e. The Hall–Kier alpha value is -2.43. The summed E-state index contributed by atoms with van der Waals surface area (Å²) in [4.78, 5) is 15.4. The lowest BCUT2D eigenvalue weighted by atomic mass is 10.0. The Morgan fingerprint density at radius 3 is 2.50 bits per heavy atom. The molecule has 0 bridgehead atoms. The number of alkyl halides is 3. The molecule has 1 aromatic carbocycles. The molecule has 0 saturated heterocycles. The number of allylic oxidation sites excluding steroid dienone is 4. The fourth-order valence-corrected chi connectivity index (χ4v) is 2.26. The Balaban J connectivity index is 2.86. The third-order valence-corrected chi connectivity index (χ3v) is 3.26. The number of para-hydroxylation sites is 1. The zero-order valence-electron chi connectivity index (χ0n) is 12.1. The first kappa shape index (κ1) is 15.9. The molecule has 0 fully saturated rings. The summed E-state index contributed by atoms with van der Waals surface area (Å²) in [5.41, 5.74) is 0.135. The van der Waals surface area contributed by atoms with E-state index in [1.165, 1.54) is 18.2 Å². The SMILES string of the molecule is C/C=C\C(=C/C)c1cc(C=O)c2cccc(C(F)(F)F)c2n1. The molecule has 114 valence electrons. The van der Waals surface area contributed by atoms with Gasteiger partial charge in [0.15, 0.2) is 6.29 Å². The molecule has 0 aliphatic carbocycles. The van der Waals surface area contributed by atoms with E-state index in [0.29, 0.717) is 17.6 Å². The van der Waals surface area contributed by atoms with E-state index in [2.05, 4.69) is 4.98 Å². The van der Waals surface area contributed by atoms with E-state index < -0.39 is 11.7 Å². The van der Waals surface area contributed by atoms with E-state index in [0.717, 1.165) is 6.07 Å². The third kappa shape index (κ3) is 2.93. The van der Waals surface area contributed by atoms with Crippen LogP contribution in [0.25, 0.3) is 16.5 Å². The Kier molecular flexibility index (Phi) is 4.45. The van der Waals surface area contributed by atoms with Gasteiger partial charge in [0.25, 0.3) is 0 Å². The molecule has 0 aliphatic rings. The first-order valence-corrected chi connectivity index (χ1v) is 6.68. The highest BCUT2D eigenvalue weighted by Gasteiger charge is 2.33. The molecule has 2 aromatic rings. The van der Waals surface area contributed by atoms with Crippen LogP contribution in [0.3, 0.4) is 0 Å². The second-order valence-corrected chi connectivity index (χ2v) is 4.66. The van der Waals surface area contributed by atoms with Crippen LogP contribution in [0, 0.1) is 0 Å². The van der Waals surface area contributed by atoms with Crippen molar-refractivity contribution >= 4 is 22.8 Å². The number of hydrogen-bond donors (Lipinski definition) is 0. The van der Waals surface area contributed by atoms with Gasteiger partial charge in [0.2, 0.25) is 0 Å². The number of fused-ring (bicyclic) bond motifs is 1. The highest BCUT2D eigenvalue weighted by atomic mass is 19.4. The number of benzene rings is 1. The molecule has 0 amide bonds. The van der Waals surface area contributed by atoms with Gasteiger partial charge in [-0.3, -0.25) is 4.79 Å². The summed E-state index contributed by atoms with van der Waals surface area (Å²) in [6, 6.07) is 5.22. The molecule has 22 heavy (non-hydrogen) atoms. The predicted octanol–water partition coefficient (Wildman–Crippen LogP) is 5.05. The summed E-state index contributed by atoms with van der Waals surface area (Å²) in [5, 5.41) is 0.199. The van der Waals surface area contributed by atoms with Crippen LogP contribution in [-0.2, 0) is 6.18 Å². The van der Waals surface area contributed by atoms with Crippen molar-refractivity contribution in [1.82, 2.24) is 4.98 Å². The molecular weight excluding hydrogens is 291 g/mol. The summed E-state index contributed by atoms with van der Waals surface area (Å²) in [5.74, 6) is 0. The highest BCUT2D eigenvalue weighted by Crippen LogP contribution is 2.35. The molecule has 1 aromatic heterocycles. The number of hydrogen-bond acceptors (Lipinski definition) is 2. The van der Waals surface area contributed by atoms with Crippen LogP contribution < -0.4 is 0 Å². The van der Waals surface area contributed by atoms with E-state index in [1.54, 1.807) is 32.1 Å². The van der Waals surface area contributed by atoms with Gasteiger partial charge in [0.05, 0.1) is 16.8 Å². The molecule has 0 atom stereocenters. The molecule has 0 saturated carbocycles. The number of carbonyl (C=O) groups is 1. The van der Waals surface area contributed by atoms with Crippen molar-refractivity contribution in [2.45, 2.75) is 20.0 Å². The second-order valence-electron chi connectivity index (χ2n) is 4.66. The van der Waals surface area contributed by atoms with Gasteiger partial charge in [-0.1, -0.05) is 30.4 Å². The van der Waals surface area contributed by atoms with Crippen LogP contribution in [0.4, 0.5) is 13.2 Å². The third-order valence-electron chi connectivity index (χ3n) is 3.26. The Morgan fingerprint density at radius 1 is 1.23 bits per heavy atom. The maximum Gasteiger partial charge on any atom is 0.418 e. The quantitative estimate of drug-likeness (QED) is 0.587. The lowest BCUT2D eigenvalue weighted by Crippen LogP contribution is -2.08. The molecule has 1 heterocycles. The molecule has 0 radical (unpaired) electrons. The lowest BCUT2D eigenvalue weighted by molar-refractivity contribution is -0.136. The number of pyridine rings is 1. The second kappa shape index (κ2) is 6.13. The van der Waals surface area contributed by atoms with Gasteiger partial charge in [0, 0.05) is 10.9 Å².